The Bertz CT molecular complexity index is 1260. The molecule has 4 atom stereocenters. The molecule has 0 spiro atoms. The van der Waals surface area contributed by atoms with Gasteiger partial charge < -0.3 is 18.9 Å². The molecule has 0 aromatic heterocycles. The van der Waals surface area contributed by atoms with Crippen LogP contribution in [0.5, 0.6) is 0 Å². The molecule has 242 valence electrons. The summed E-state index contributed by atoms with van der Waals surface area (Å²) in [7, 11) is 0.818. The van der Waals surface area contributed by atoms with Gasteiger partial charge in [-0.15, -0.1) is 0 Å². The Morgan fingerprint density at radius 1 is 0.932 bits per heavy atom. The minimum absolute atomic E-state index is 0.0564. The van der Waals surface area contributed by atoms with Gasteiger partial charge in [-0.25, -0.2) is 4.79 Å². The third kappa shape index (κ3) is 9.94. The molecule has 1 aromatic carbocycles. The Hall–Kier alpha value is -3.66. The number of hydrogen-bond acceptors (Lipinski definition) is 7. The van der Waals surface area contributed by atoms with Gasteiger partial charge in [0.15, 0.2) is 0 Å². The molecule has 0 heterocycles. The number of carbonyl (C=O) groups is 3. The van der Waals surface area contributed by atoms with Crippen molar-refractivity contribution in [2.24, 2.45) is 5.92 Å². The minimum Gasteiger partial charge on any atom is -0.461 e. The van der Waals surface area contributed by atoms with Crippen LogP contribution in [0.4, 0.5) is 13.2 Å². The standard InChI is InChI=1S/C34H43F3O7/c1-22(2)29-18-16-23(3)12-11-13-24(4)30(19-17-27(21-42-25(5)38)20-31(29)43-26(6)39)44-32(40)33(41-7,34(35,36)37)28-14-9-8-10-15-28/h8-10,12-15,20,29-31H,1,11,16-19,21H2,2-7H3/b23-12+,24-13-,27-20+/t29-,30-,31+,33-/m1/s1. The van der Waals surface area contributed by atoms with E-state index in [2.05, 4.69) is 6.58 Å². The molecule has 0 N–H and O–H groups in total. The van der Waals surface area contributed by atoms with Crippen molar-refractivity contribution in [3.8, 4) is 0 Å². The highest BCUT2D eigenvalue weighted by molar-refractivity contribution is 5.83. The first-order valence-electron chi connectivity index (χ1n) is 14.5. The summed E-state index contributed by atoms with van der Waals surface area (Å²) in [5.41, 5.74) is -0.820. The van der Waals surface area contributed by atoms with Crippen LogP contribution in [0.3, 0.4) is 0 Å². The number of hydrogen-bond donors (Lipinski definition) is 0. The Balaban J connectivity index is 2.61. The number of ether oxygens (including phenoxy) is 4. The van der Waals surface area contributed by atoms with Crippen LogP contribution in [0.25, 0.3) is 0 Å². The molecular formula is C34H43F3O7. The largest absolute Gasteiger partial charge is 0.461 e. The van der Waals surface area contributed by atoms with Crippen LogP contribution in [0, 0.1) is 5.92 Å². The lowest BCUT2D eigenvalue weighted by molar-refractivity contribution is -0.277. The molecule has 1 aromatic rings. The van der Waals surface area contributed by atoms with E-state index in [1.54, 1.807) is 13.0 Å². The molecule has 0 radical (unpaired) electrons. The lowest BCUT2D eigenvalue weighted by Gasteiger charge is -2.34. The Labute approximate surface area is 257 Å². The van der Waals surface area contributed by atoms with Crippen molar-refractivity contribution in [1.82, 2.24) is 0 Å². The third-order valence-electron chi connectivity index (χ3n) is 7.61. The molecule has 0 saturated carbocycles. The second kappa shape index (κ2) is 16.4. The first kappa shape index (κ1) is 36.5. The molecule has 7 nitrogen and oxygen atoms in total. The van der Waals surface area contributed by atoms with E-state index in [1.807, 2.05) is 26.0 Å². The number of halogens is 3. The van der Waals surface area contributed by atoms with Crippen molar-refractivity contribution >= 4 is 17.9 Å². The molecule has 0 unspecified atom stereocenters. The third-order valence-corrected chi connectivity index (χ3v) is 7.61. The maximum Gasteiger partial charge on any atom is 0.432 e. The first-order chi connectivity index (χ1) is 20.6. The molecule has 44 heavy (non-hydrogen) atoms. The molecule has 0 aliphatic heterocycles. The van der Waals surface area contributed by atoms with Crippen LogP contribution in [0.1, 0.15) is 72.3 Å². The summed E-state index contributed by atoms with van der Waals surface area (Å²) in [6, 6.07) is 6.62. The highest BCUT2D eigenvalue weighted by Gasteiger charge is 2.64. The predicted octanol–water partition coefficient (Wildman–Crippen LogP) is 7.47. The van der Waals surface area contributed by atoms with Gasteiger partial charge >= 0.3 is 24.1 Å². The van der Waals surface area contributed by atoms with E-state index >= 15 is 0 Å². The van der Waals surface area contributed by atoms with E-state index in [9.17, 15) is 27.6 Å². The number of methoxy groups -OCH3 is 1. The van der Waals surface area contributed by atoms with Gasteiger partial charge in [0.1, 0.15) is 18.8 Å². The Morgan fingerprint density at radius 2 is 1.59 bits per heavy atom. The summed E-state index contributed by atoms with van der Waals surface area (Å²) in [5.74, 6) is -2.89. The van der Waals surface area contributed by atoms with E-state index in [-0.39, 0.29) is 25.4 Å². The number of allylic oxidation sites excluding steroid dienone is 3. The van der Waals surface area contributed by atoms with Crippen molar-refractivity contribution in [3.05, 3.63) is 83.0 Å². The summed E-state index contributed by atoms with van der Waals surface area (Å²) in [4.78, 5) is 37.3. The zero-order valence-electron chi connectivity index (χ0n) is 26.3. The molecule has 1 aliphatic rings. The van der Waals surface area contributed by atoms with Gasteiger partial charge in [-0.1, -0.05) is 60.2 Å². The number of rotatable bonds is 8. The van der Waals surface area contributed by atoms with E-state index in [4.69, 9.17) is 18.9 Å². The zero-order chi connectivity index (χ0) is 33.1. The smallest absolute Gasteiger partial charge is 0.432 e. The summed E-state index contributed by atoms with van der Waals surface area (Å²) in [5, 5.41) is 0. The molecule has 2 rings (SSSR count). The van der Waals surface area contributed by atoms with Crippen LogP contribution in [0.15, 0.2) is 77.4 Å². The van der Waals surface area contributed by atoms with Gasteiger partial charge in [0.2, 0.25) is 0 Å². The van der Waals surface area contributed by atoms with Crippen LogP contribution in [0.2, 0.25) is 0 Å². The fourth-order valence-electron chi connectivity index (χ4n) is 5.10. The maximum absolute atomic E-state index is 14.6. The SMILES string of the molecule is C=C(C)[C@H]1CC/C(C)=C/C/C=C(/C)[C@H](OC(=O)[C@](OC)(c2ccccc2)C(F)(F)F)CC/C(COC(C)=O)=C\[C@@H]1OC(C)=O. The van der Waals surface area contributed by atoms with Crippen LogP contribution in [-0.4, -0.2) is 50.0 Å². The van der Waals surface area contributed by atoms with Gasteiger partial charge in [-0.2, -0.15) is 13.2 Å². The zero-order valence-corrected chi connectivity index (χ0v) is 26.3. The van der Waals surface area contributed by atoms with Crippen LogP contribution >= 0.6 is 0 Å². The number of benzene rings is 1. The Morgan fingerprint density at radius 3 is 2.14 bits per heavy atom. The van der Waals surface area contributed by atoms with E-state index in [0.717, 1.165) is 30.4 Å². The maximum atomic E-state index is 14.6. The summed E-state index contributed by atoms with van der Waals surface area (Å²) in [6.45, 7) is 12.0. The topological polar surface area (TPSA) is 88.1 Å². The molecule has 0 fully saturated rings. The van der Waals surface area contributed by atoms with E-state index in [1.165, 1.54) is 32.0 Å². The lowest BCUT2D eigenvalue weighted by atomic mass is 9.87. The number of alkyl halides is 3. The fraction of sp³-hybridized carbons (Fsp3) is 0.500. The minimum atomic E-state index is -5.13. The predicted molar refractivity (Wildman–Crippen MR) is 160 cm³/mol. The number of carbonyl (C=O) groups excluding carboxylic acids is 3. The van der Waals surface area contributed by atoms with Crippen LogP contribution < -0.4 is 0 Å². The van der Waals surface area contributed by atoms with Gasteiger partial charge in [0.25, 0.3) is 5.60 Å². The normalized spacial score (nSPS) is 25.3. The van der Waals surface area contributed by atoms with Crippen molar-refractivity contribution in [2.45, 2.75) is 90.7 Å². The molecule has 1 aliphatic carbocycles. The van der Waals surface area contributed by atoms with Crippen molar-refractivity contribution in [3.63, 3.8) is 0 Å². The molecule has 0 bridgehead atoms. The molecule has 10 heteroatoms. The number of esters is 3. The molecule has 0 saturated heterocycles. The van der Waals surface area contributed by atoms with Crippen LogP contribution in [-0.2, 0) is 38.9 Å². The van der Waals surface area contributed by atoms with Crippen molar-refractivity contribution < 1.29 is 46.5 Å². The lowest BCUT2D eigenvalue weighted by Crippen LogP contribution is -2.52. The average Bonchev–Trinajstić information content (AvgIpc) is 2.93. The monoisotopic (exact) mass is 620 g/mol. The fourth-order valence-corrected chi connectivity index (χ4v) is 5.10. The van der Waals surface area contributed by atoms with Crippen molar-refractivity contribution in [1.29, 1.82) is 0 Å². The summed E-state index contributed by atoms with van der Waals surface area (Å²) < 4.78 is 65.3. The highest BCUT2D eigenvalue weighted by atomic mass is 19.4. The molecule has 0 amide bonds. The van der Waals surface area contributed by atoms with Gasteiger partial charge in [0, 0.05) is 32.4 Å². The first-order valence-corrected chi connectivity index (χ1v) is 14.5. The summed E-state index contributed by atoms with van der Waals surface area (Å²) >= 11 is 0. The average molecular weight is 621 g/mol. The Kier molecular flexibility index (Phi) is 13.6. The second-order valence-corrected chi connectivity index (χ2v) is 11.1. The summed E-state index contributed by atoms with van der Waals surface area (Å²) in [6.07, 6.45) is 0.553. The quantitative estimate of drug-likeness (QED) is 0.169. The molecular weight excluding hydrogens is 577 g/mol. The second-order valence-electron chi connectivity index (χ2n) is 11.1. The van der Waals surface area contributed by atoms with Crippen molar-refractivity contribution in [2.75, 3.05) is 13.7 Å². The van der Waals surface area contributed by atoms with E-state index in [0.29, 0.717) is 30.4 Å². The van der Waals surface area contributed by atoms with E-state index < -0.39 is 47.5 Å². The highest BCUT2D eigenvalue weighted by Crippen LogP contribution is 2.43. The van der Waals surface area contributed by atoms with Gasteiger partial charge in [-0.05, 0) is 70.1 Å². The van der Waals surface area contributed by atoms with Gasteiger partial charge in [-0.3, -0.25) is 9.59 Å². The van der Waals surface area contributed by atoms with Gasteiger partial charge in [0.05, 0.1) is 0 Å².